The standard InChI is InChI=1S/C21H27FN4O2S/c1-14(27)23-13-18-9-10-20(29-18)21(28)26(2)11-3-4-17-12-19(25-24-17)15-5-7-16(22)8-6-15/h5-10,17,19,24-25H,3-4,11-13H2,1-2H3,(H,23,27). The van der Waals surface area contributed by atoms with Gasteiger partial charge < -0.3 is 10.2 Å². The largest absolute Gasteiger partial charge is 0.351 e. The second-order valence-electron chi connectivity index (χ2n) is 7.37. The highest BCUT2D eigenvalue weighted by molar-refractivity contribution is 7.14. The van der Waals surface area contributed by atoms with E-state index in [-0.39, 0.29) is 23.7 Å². The van der Waals surface area contributed by atoms with Gasteiger partial charge in [0.15, 0.2) is 0 Å². The second kappa shape index (κ2) is 9.96. The summed E-state index contributed by atoms with van der Waals surface area (Å²) in [7, 11) is 1.82. The fraction of sp³-hybridized carbons (Fsp3) is 0.429. The Hall–Kier alpha value is -2.29. The number of rotatable bonds is 8. The van der Waals surface area contributed by atoms with Crippen molar-refractivity contribution < 1.29 is 14.0 Å². The van der Waals surface area contributed by atoms with Crippen LogP contribution >= 0.6 is 11.3 Å². The fourth-order valence-corrected chi connectivity index (χ4v) is 4.33. The molecule has 0 bridgehead atoms. The molecular formula is C21H27FN4O2S. The maximum atomic E-state index is 13.1. The van der Waals surface area contributed by atoms with Gasteiger partial charge in [0.2, 0.25) is 5.91 Å². The Morgan fingerprint density at radius 1 is 1.21 bits per heavy atom. The van der Waals surface area contributed by atoms with E-state index in [4.69, 9.17) is 0 Å². The Kier molecular flexibility index (Phi) is 7.35. The van der Waals surface area contributed by atoms with Gasteiger partial charge in [-0.2, -0.15) is 0 Å². The quantitative estimate of drug-likeness (QED) is 0.616. The van der Waals surface area contributed by atoms with Crippen LogP contribution in [0.4, 0.5) is 4.39 Å². The number of amides is 2. The van der Waals surface area contributed by atoms with Crippen LogP contribution in [-0.2, 0) is 11.3 Å². The smallest absolute Gasteiger partial charge is 0.263 e. The molecule has 2 amide bonds. The fourth-order valence-electron chi connectivity index (χ4n) is 3.39. The lowest BCUT2D eigenvalue weighted by molar-refractivity contribution is -0.119. The van der Waals surface area contributed by atoms with E-state index in [9.17, 15) is 14.0 Å². The summed E-state index contributed by atoms with van der Waals surface area (Å²) >= 11 is 1.41. The van der Waals surface area contributed by atoms with Crippen LogP contribution in [-0.4, -0.2) is 36.3 Å². The van der Waals surface area contributed by atoms with Crippen LogP contribution < -0.4 is 16.2 Å². The molecule has 2 unspecified atom stereocenters. The van der Waals surface area contributed by atoms with Crippen LogP contribution in [0.25, 0.3) is 0 Å². The monoisotopic (exact) mass is 418 g/mol. The second-order valence-corrected chi connectivity index (χ2v) is 8.54. The van der Waals surface area contributed by atoms with Crippen LogP contribution in [0, 0.1) is 5.82 Å². The lowest BCUT2D eigenvalue weighted by atomic mass is 9.99. The van der Waals surface area contributed by atoms with E-state index >= 15 is 0 Å². The van der Waals surface area contributed by atoms with E-state index in [2.05, 4.69) is 16.2 Å². The van der Waals surface area contributed by atoms with Crippen molar-refractivity contribution >= 4 is 23.2 Å². The summed E-state index contributed by atoms with van der Waals surface area (Å²) in [6.07, 6.45) is 2.77. The van der Waals surface area contributed by atoms with Gasteiger partial charge in [0.1, 0.15) is 5.82 Å². The van der Waals surface area contributed by atoms with Crippen LogP contribution in [0.5, 0.6) is 0 Å². The molecule has 0 spiro atoms. The molecule has 0 saturated carbocycles. The Balaban J connectivity index is 1.40. The van der Waals surface area contributed by atoms with Crippen molar-refractivity contribution in [2.75, 3.05) is 13.6 Å². The molecule has 3 rings (SSSR count). The molecule has 1 aliphatic heterocycles. The molecule has 0 aliphatic carbocycles. The minimum atomic E-state index is -0.225. The van der Waals surface area contributed by atoms with E-state index < -0.39 is 0 Å². The Morgan fingerprint density at radius 3 is 2.69 bits per heavy atom. The third-order valence-corrected chi connectivity index (χ3v) is 6.10. The topological polar surface area (TPSA) is 73.5 Å². The summed E-state index contributed by atoms with van der Waals surface area (Å²) in [6.45, 7) is 2.60. The number of nitrogens with zero attached hydrogens (tertiary/aromatic N) is 1. The molecule has 8 heteroatoms. The first-order valence-corrected chi connectivity index (χ1v) is 10.6. The minimum absolute atomic E-state index is 0.00534. The number of halogens is 1. The van der Waals surface area contributed by atoms with E-state index in [1.54, 1.807) is 4.90 Å². The average Bonchev–Trinajstić information content (AvgIpc) is 3.36. The molecule has 1 aromatic heterocycles. The zero-order valence-corrected chi connectivity index (χ0v) is 17.5. The molecule has 6 nitrogen and oxygen atoms in total. The number of carbonyl (C=O) groups excluding carboxylic acids is 2. The number of nitrogens with one attached hydrogen (secondary N) is 3. The van der Waals surface area contributed by atoms with Crippen molar-refractivity contribution in [1.29, 1.82) is 0 Å². The third kappa shape index (κ3) is 6.09. The summed E-state index contributed by atoms with van der Waals surface area (Å²) in [5.74, 6) is -0.303. The SMILES string of the molecule is CC(=O)NCc1ccc(C(=O)N(C)CCCC2CC(c3ccc(F)cc3)NN2)s1. The van der Waals surface area contributed by atoms with Crippen molar-refractivity contribution in [1.82, 2.24) is 21.1 Å². The lowest BCUT2D eigenvalue weighted by Crippen LogP contribution is -2.32. The molecule has 2 aromatic rings. The Morgan fingerprint density at radius 2 is 1.97 bits per heavy atom. The van der Waals surface area contributed by atoms with Gasteiger partial charge in [0.25, 0.3) is 5.91 Å². The van der Waals surface area contributed by atoms with Gasteiger partial charge >= 0.3 is 0 Å². The molecule has 2 atom stereocenters. The van der Waals surface area contributed by atoms with Gasteiger partial charge in [-0.1, -0.05) is 12.1 Å². The van der Waals surface area contributed by atoms with Crippen LogP contribution in [0.1, 0.15) is 52.3 Å². The molecule has 1 fully saturated rings. The van der Waals surface area contributed by atoms with Gasteiger partial charge in [0, 0.05) is 37.5 Å². The van der Waals surface area contributed by atoms with Gasteiger partial charge in [0.05, 0.1) is 11.4 Å². The van der Waals surface area contributed by atoms with Crippen molar-refractivity contribution in [3.05, 3.63) is 57.5 Å². The predicted molar refractivity (Wildman–Crippen MR) is 112 cm³/mol. The number of benzene rings is 1. The Bertz CT molecular complexity index is 839. The van der Waals surface area contributed by atoms with E-state index in [0.717, 1.165) is 29.7 Å². The molecule has 0 radical (unpaired) electrons. The molecular weight excluding hydrogens is 391 g/mol. The molecule has 3 N–H and O–H groups in total. The highest BCUT2D eigenvalue weighted by Crippen LogP contribution is 2.24. The summed E-state index contributed by atoms with van der Waals surface area (Å²) in [4.78, 5) is 27.0. The maximum Gasteiger partial charge on any atom is 0.263 e. The average molecular weight is 419 g/mol. The van der Waals surface area contributed by atoms with Gasteiger partial charge in [-0.15, -0.1) is 11.3 Å². The first-order valence-electron chi connectivity index (χ1n) is 9.77. The lowest BCUT2D eigenvalue weighted by Gasteiger charge is -2.17. The van der Waals surface area contributed by atoms with Crippen LogP contribution in [0.15, 0.2) is 36.4 Å². The van der Waals surface area contributed by atoms with Gasteiger partial charge in [-0.25, -0.2) is 4.39 Å². The summed E-state index contributed by atoms with van der Waals surface area (Å²) in [5.41, 5.74) is 7.64. The van der Waals surface area contributed by atoms with E-state index in [0.29, 0.717) is 24.0 Å². The first-order chi connectivity index (χ1) is 13.9. The number of thiophene rings is 1. The van der Waals surface area contributed by atoms with E-state index in [1.165, 1.54) is 30.4 Å². The minimum Gasteiger partial charge on any atom is -0.351 e. The maximum absolute atomic E-state index is 13.1. The number of hydrogen-bond acceptors (Lipinski definition) is 5. The van der Waals surface area contributed by atoms with Crippen molar-refractivity contribution in [3.8, 4) is 0 Å². The van der Waals surface area contributed by atoms with E-state index in [1.807, 2.05) is 31.3 Å². The number of hydrogen-bond donors (Lipinski definition) is 3. The zero-order valence-electron chi connectivity index (χ0n) is 16.7. The molecule has 29 heavy (non-hydrogen) atoms. The van der Waals surface area contributed by atoms with Crippen molar-refractivity contribution in [2.24, 2.45) is 0 Å². The highest BCUT2D eigenvalue weighted by atomic mass is 32.1. The summed E-state index contributed by atoms with van der Waals surface area (Å²) in [5, 5.41) is 2.74. The summed E-state index contributed by atoms with van der Waals surface area (Å²) < 4.78 is 13.1. The van der Waals surface area contributed by atoms with Gasteiger partial charge in [-0.05, 0) is 49.1 Å². The molecule has 1 saturated heterocycles. The Labute approximate surface area is 174 Å². The molecule has 2 heterocycles. The molecule has 156 valence electrons. The predicted octanol–water partition coefficient (Wildman–Crippen LogP) is 2.98. The zero-order chi connectivity index (χ0) is 20.8. The highest BCUT2D eigenvalue weighted by Gasteiger charge is 2.25. The summed E-state index contributed by atoms with van der Waals surface area (Å²) in [6, 6.07) is 10.8. The van der Waals surface area contributed by atoms with Crippen molar-refractivity contribution in [3.63, 3.8) is 0 Å². The van der Waals surface area contributed by atoms with Crippen LogP contribution in [0.3, 0.4) is 0 Å². The van der Waals surface area contributed by atoms with Crippen LogP contribution in [0.2, 0.25) is 0 Å². The normalized spacial score (nSPS) is 18.6. The van der Waals surface area contributed by atoms with Gasteiger partial charge in [-0.3, -0.25) is 20.4 Å². The molecule has 1 aliphatic rings. The first kappa shape index (κ1) is 21.4. The van der Waals surface area contributed by atoms with Crippen molar-refractivity contribution in [2.45, 2.75) is 44.8 Å². The molecule has 1 aromatic carbocycles. The third-order valence-electron chi connectivity index (χ3n) is 5.03. The number of hydrazine groups is 1. The number of carbonyl (C=O) groups is 2.